The van der Waals surface area contributed by atoms with Gasteiger partial charge in [-0.1, -0.05) is 0 Å². The van der Waals surface area contributed by atoms with Gasteiger partial charge in [-0.2, -0.15) is 0 Å². The predicted octanol–water partition coefficient (Wildman–Crippen LogP) is 1.42. The van der Waals surface area contributed by atoms with Crippen LogP contribution in [-0.4, -0.2) is 53.6 Å². The Labute approximate surface area is 130 Å². The monoisotopic (exact) mass is 299 g/mol. The number of benzene rings is 1. The first-order valence-electron chi connectivity index (χ1n) is 7.46. The number of hydrogen-bond acceptors (Lipinski definition) is 4. The summed E-state index contributed by atoms with van der Waals surface area (Å²) < 4.78 is 1.77. The third-order valence-electron chi connectivity index (χ3n) is 4.04. The summed E-state index contributed by atoms with van der Waals surface area (Å²) in [5.74, 6) is 0.410. The van der Waals surface area contributed by atoms with Gasteiger partial charge < -0.3 is 14.4 Å². The van der Waals surface area contributed by atoms with Crippen molar-refractivity contribution in [2.24, 2.45) is 7.05 Å². The molecular weight excluding hydrogens is 278 g/mol. The number of imidazole rings is 1. The van der Waals surface area contributed by atoms with E-state index < -0.39 is 0 Å². The summed E-state index contributed by atoms with van der Waals surface area (Å²) in [6.45, 7) is 4.19. The average Bonchev–Trinajstić information content (AvgIpc) is 2.93. The van der Waals surface area contributed by atoms with E-state index in [1.54, 1.807) is 17.0 Å². The van der Waals surface area contributed by atoms with E-state index in [0.717, 1.165) is 26.2 Å². The quantitative estimate of drug-likeness (QED) is 0.931. The standard InChI is InChI=1S/C16H21N5O/c1-19-9-11-21(12-10-19)14-5-3-13(4-6-14)15(22)18-16-17-7-8-20(16)2/h3-8H,9-12H2,1-2H3,(H,17,18,22). The summed E-state index contributed by atoms with van der Waals surface area (Å²) in [5, 5.41) is 2.80. The highest BCUT2D eigenvalue weighted by Crippen LogP contribution is 2.17. The molecular formula is C16H21N5O. The van der Waals surface area contributed by atoms with E-state index in [1.165, 1.54) is 5.69 Å². The van der Waals surface area contributed by atoms with Crippen LogP contribution in [0.3, 0.4) is 0 Å². The number of carbonyl (C=O) groups excluding carboxylic acids is 1. The third-order valence-corrected chi connectivity index (χ3v) is 4.04. The number of amides is 1. The molecule has 3 rings (SSSR count). The Morgan fingerprint density at radius 1 is 1.09 bits per heavy atom. The third kappa shape index (κ3) is 3.12. The first kappa shape index (κ1) is 14.6. The lowest BCUT2D eigenvalue weighted by atomic mass is 10.1. The first-order chi connectivity index (χ1) is 10.6. The van der Waals surface area contributed by atoms with E-state index in [0.29, 0.717) is 11.5 Å². The minimum absolute atomic E-state index is 0.140. The first-order valence-corrected chi connectivity index (χ1v) is 7.46. The number of nitrogens with one attached hydrogen (secondary N) is 1. The van der Waals surface area contributed by atoms with Gasteiger partial charge in [-0.3, -0.25) is 10.1 Å². The molecule has 0 saturated carbocycles. The fourth-order valence-corrected chi connectivity index (χ4v) is 2.55. The van der Waals surface area contributed by atoms with E-state index in [1.807, 2.05) is 31.3 Å². The SMILES string of the molecule is CN1CCN(c2ccc(C(=O)Nc3nccn3C)cc2)CC1. The van der Waals surface area contributed by atoms with E-state index in [-0.39, 0.29) is 5.91 Å². The Hall–Kier alpha value is -2.34. The van der Waals surface area contributed by atoms with Crippen molar-refractivity contribution >= 4 is 17.5 Å². The maximum absolute atomic E-state index is 12.2. The zero-order chi connectivity index (χ0) is 15.5. The topological polar surface area (TPSA) is 53.4 Å². The van der Waals surface area contributed by atoms with Gasteiger partial charge in [0.25, 0.3) is 5.91 Å². The normalized spacial score (nSPS) is 15.8. The summed E-state index contributed by atoms with van der Waals surface area (Å²) in [5.41, 5.74) is 1.81. The van der Waals surface area contributed by atoms with E-state index >= 15 is 0 Å². The molecule has 0 unspecified atom stereocenters. The Balaban J connectivity index is 1.66. The van der Waals surface area contributed by atoms with E-state index in [4.69, 9.17) is 0 Å². The second-order valence-corrected chi connectivity index (χ2v) is 5.65. The predicted molar refractivity (Wildman–Crippen MR) is 87.3 cm³/mol. The van der Waals surface area contributed by atoms with E-state index in [9.17, 15) is 4.79 Å². The maximum Gasteiger partial charge on any atom is 0.257 e. The lowest BCUT2D eigenvalue weighted by Crippen LogP contribution is -2.44. The number of piperazine rings is 1. The van der Waals surface area contributed by atoms with Crippen LogP contribution >= 0.6 is 0 Å². The van der Waals surface area contributed by atoms with Crippen molar-refractivity contribution in [1.29, 1.82) is 0 Å². The van der Waals surface area contributed by atoms with Crippen molar-refractivity contribution in [3.8, 4) is 0 Å². The van der Waals surface area contributed by atoms with Crippen LogP contribution in [0.2, 0.25) is 0 Å². The highest BCUT2D eigenvalue weighted by atomic mass is 16.1. The number of nitrogens with zero attached hydrogens (tertiary/aromatic N) is 4. The highest BCUT2D eigenvalue weighted by molar-refractivity contribution is 6.03. The van der Waals surface area contributed by atoms with Crippen LogP contribution in [0.4, 0.5) is 11.6 Å². The molecule has 22 heavy (non-hydrogen) atoms. The van der Waals surface area contributed by atoms with Crippen LogP contribution in [0, 0.1) is 0 Å². The molecule has 1 aliphatic rings. The van der Waals surface area contributed by atoms with Crippen molar-refractivity contribution in [1.82, 2.24) is 14.5 Å². The number of rotatable bonds is 3. The smallest absolute Gasteiger partial charge is 0.257 e. The van der Waals surface area contributed by atoms with Gasteiger partial charge in [0.1, 0.15) is 0 Å². The molecule has 1 aromatic carbocycles. The lowest BCUT2D eigenvalue weighted by Gasteiger charge is -2.34. The van der Waals surface area contributed by atoms with Gasteiger partial charge in [0.15, 0.2) is 0 Å². The molecule has 116 valence electrons. The molecule has 0 atom stereocenters. The molecule has 2 aromatic rings. The van der Waals surface area contributed by atoms with Crippen molar-refractivity contribution in [3.05, 3.63) is 42.2 Å². The molecule has 6 heteroatoms. The van der Waals surface area contributed by atoms with Gasteiger partial charge in [-0.15, -0.1) is 0 Å². The lowest BCUT2D eigenvalue weighted by molar-refractivity contribution is 0.102. The molecule has 0 aliphatic carbocycles. The minimum Gasteiger partial charge on any atom is -0.369 e. The molecule has 1 aliphatic heterocycles. The molecule has 1 amide bonds. The van der Waals surface area contributed by atoms with Gasteiger partial charge in [0, 0.05) is 56.9 Å². The molecule has 1 aromatic heterocycles. The van der Waals surface area contributed by atoms with Crippen LogP contribution in [-0.2, 0) is 7.05 Å². The second kappa shape index (κ2) is 6.19. The van der Waals surface area contributed by atoms with E-state index in [2.05, 4.69) is 27.1 Å². The maximum atomic E-state index is 12.2. The van der Waals surface area contributed by atoms with Crippen LogP contribution < -0.4 is 10.2 Å². The molecule has 0 spiro atoms. The Bertz CT molecular complexity index is 641. The second-order valence-electron chi connectivity index (χ2n) is 5.65. The molecule has 6 nitrogen and oxygen atoms in total. The van der Waals surface area contributed by atoms with Crippen molar-refractivity contribution < 1.29 is 4.79 Å². The number of aryl methyl sites for hydroxylation is 1. The molecule has 1 N–H and O–H groups in total. The zero-order valence-corrected chi connectivity index (χ0v) is 13.0. The molecule has 1 fully saturated rings. The van der Waals surface area contributed by atoms with Gasteiger partial charge in [0.2, 0.25) is 5.95 Å². The Morgan fingerprint density at radius 3 is 2.36 bits per heavy atom. The average molecular weight is 299 g/mol. The van der Waals surface area contributed by atoms with Gasteiger partial charge in [-0.25, -0.2) is 4.98 Å². The van der Waals surface area contributed by atoms with Crippen LogP contribution in [0.15, 0.2) is 36.7 Å². The Morgan fingerprint density at radius 2 is 1.77 bits per heavy atom. The molecule has 0 bridgehead atoms. The number of anilines is 2. The van der Waals surface area contributed by atoms with Gasteiger partial charge >= 0.3 is 0 Å². The minimum atomic E-state index is -0.140. The fourth-order valence-electron chi connectivity index (χ4n) is 2.55. The number of hydrogen-bond donors (Lipinski definition) is 1. The van der Waals surface area contributed by atoms with Crippen LogP contribution in [0.5, 0.6) is 0 Å². The zero-order valence-electron chi connectivity index (χ0n) is 13.0. The number of aromatic nitrogens is 2. The highest BCUT2D eigenvalue weighted by Gasteiger charge is 2.15. The fraction of sp³-hybridized carbons (Fsp3) is 0.375. The Kier molecular flexibility index (Phi) is 4.11. The number of carbonyl (C=O) groups is 1. The summed E-state index contributed by atoms with van der Waals surface area (Å²) in [7, 11) is 3.99. The summed E-state index contributed by atoms with van der Waals surface area (Å²) in [4.78, 5) is 21.0. The van der Waals surface area contributed by atoms with Crippen molar-refractivity contribution in [2.75, 3.05) is 43.4 Å². The summed E-state index contributed by atoms with van der Waals surface area (Å²) >= 11 is 0. The van der Waals surface area contributed by atoms with Gasteiger partial charge in [-0.05, 0) is 31.3 Å². The molecule has 2 heterocycles. The van der Waals surface area contributed by atoms with Gasteiger partial charge in [0.05, 0.1) is 0 Å². The molecule has 1 saturated heterocycles. The van der Waals surface area contributed by atoms with Crippen LogP contribution in [0.1, 0.15) is 10.4 Å². The largest absolute Gasteiger partial charge is 0.369 e. The van der Waals surface area contributed by atoms with Crippen molar-refractivity contribution in [2.45, 2.75) is 0 Å². The summed E-state index contributed by atoms with van der Waals surface area (Å²) in [6.07, 6.45) is 3.46. The van der Waals surface area contributed by atoms with Crippen molar-refractivity contribution in [3.63, 3.8) is 0 Å². The number of likely N-dealkylation sites (N-methyl/N-ethyl adjacent to an activating group) is 1. The molecule has 0 radical (unpaired) electrons. The van der Waals surface area contributed by atoms with Crippen LogP contribution in [0.25, 0.3) is 0 Å². The summed E-state index contributed by atoms with van der Waals surface area (Å²) in [6, 6.07) is 7.76.